The largest absolute Gasteiger partial charge is 0.418 e. The Hall–Kier alpha value is -2.67. The van der Waals surface area contributed by atoms with E-state index in [4.69, 9.17) is 22.1 Å². The highest BCUT2D eigenvalue weighted by atomic mass is 35.5. The van der Waals surface area contributed by atoms with Crippen LogP contribution in [0.4, 0.5) is 10.1 Å². The van der Waals surface area contributed by atoms with Crippen molar-refractivity contribution in [3.63, 3.8) is 0 Å². The summed E-state index contributed by atoms with van der Waals surface area (Å²) in [7, 11) is 0. The molecule has 1 aromatic carbocycles. The molecule has 2 N–H and O–H groups in total. The number of rotatable bonds is 3. The minimum atomic E-state index is -0.332. The van der Waals surface area contributed by atoms with Crippen LogP contribution in [-0.4, -0.2) is 19.7 Å². The van der Waals surface area contributed by atoms with E-state index >= 15 is 0 Å². The van der Waals surface area contributed by atoms with E-state index in [1.165, 1.54) is 23.1 Å². The Labute approximate surface area is 130 Å². The maximum atomic E-state index is 13.0. The van der Waals surface area contributed by atoms with Gasteiger partial charge in [0, 0.05) is 6.07 Å². The van der Waals surface area contributed by atoms with Gasteiger partial charge in [0.25, 0.3) is 0 Å². The fourth-order valence-corrected chi connectivity index (χ4v) is 1.98. The molecule has 3 rings (SSSR count). The van der Waals surface area contributed by atoms with Crippen LogP contribution in [0, 0.1) is 12.7 Å². The van der Waals surface area contributed by atoms with E-state index in [0.29, 0.717) is 11.6 Å². The van der Waals surface area contributed by atoms with E-state index in [9.17, 15) is 4.39 Å². The SMILES string of the molecule is Cc1cc(Oc2ncnc(Cl)c2N)n(-c2ccc(F)cc2)n1. The average molecular weight is 320 g/mol. The maximum absolute atomic E-state index is 13.0. The van der Waals surface area contributed by atoms with E-state index in [0.717, 1.165) is 5.69 Å². The Bertz CT molecular complexity index is 819. The molecule has 0 spiro atoms. The van der Waals surface area contributed by atoms with Crippen LogP contribution < -0.4 is 10.5 Å². The summed E-state index contributed by atoms with van der Waals surface area (Å²) in [4.78, 5) is 7.71. The van der Waals surface area contributed by atoms with Gasteiger partial charge in [-0.05, 0) is 31.2 Å². The summed E-state index contributed by atoms with van der Waals surface area (Å²) in [5.74, 6) is 0.177. The summed E-state index contributed by atoms with van der Waals surface area (Å²) >= 11 is 5.84. The number of aromatic nitrogens is 4. The Balaban J connectivity index is 2.01. The summed E-state index contributed by atoms with van der Waals surface area (Å²) < 4.78 is 20.2. The number of ether oxygens (including phenoxy) is 1. The molecule has 0 saturated carbocycles. The van der Waals surface area contributed by atoms with Crippen molar-refractivity contribution < 1.29 is 9.13 Å². The number of hydrogen-bond donors (Lipinski definition) is 1. The molecule has 0 saturated heterocycles. The van der Waals surface area contributed by atoms with Crippen LogP contribution in [0.25, 0.3) is 5.69 Å². The van der Waals surface area contributed by atoms with Crippen molar-refractivity contribution in [1.29, 1.82) is 0 Å². The molecule has 0 amide bonds. The number of nitrogen functional groups attached to an aromatic ring is 1. The zero-order chi connectivity index (χ0) is 15.7. The fourth-order valence-electron chi connectivity index (χ4n) is 1.86. The second-order valence-corrected chi connectivity index (χ2v) is 4.86. The summed E-state index contributed by atoms with van der Waals surface area (Å²) in [6.07, 6.45) is 1.25. The van der Waals surface area contributed by atoms with E-state index in [2.05, 4.69) is 15.1 Å². The molecule has 0 bridgehead atoms. The molecule has 8 heteroatoms. The van der Waals surface area contributed by atoms with Crippen LogP contribution >= 0.6 is 11.6 Å². The molecule has 3 aromatic rings. The van der Waals surface area contributed by atoms with Crippen molar-refractivity contribution in [3.05, 3.63) is 53.3 Å². The van der Waals surface area contributed by atoms with Gasteiger partial charge in [0.05, 0.1) is 11.4 Å². The molecule has 0 fully saturated rings. The van der Waals surface area contributed by atoms with Crippen LogP contribution in [0.1, 0.15) is 5.69 Å². The molecule has 0 aliphatic heterocycles. The van der Waals surface area contributed by atoms with Crippen LogP contribution in [0.15, 0.2) is 36.7 Å². The highest BCUT2D eigenvalue weighted by Crippen LogP contribution is 2.30. The number of anilines is 1. The first kappa shape index (κ1) is 14.3. The molecule has 6 nitrogen and oxygen atoms in total. The van der Waals surface area contributed by atoms with Gasteiger partial charge in [-0.25, -0.2) is 14.1 Å². The van der Waals surface area contributed by atoms with Crippen molar-refractivity contribution in [3.8, 4) is 17.4 Å². The molecule has 22 heavy (non-hydrogen) atoms. The fraction of sp³-hybridized carbons (Fsp3) is 0.0714. The highest BCUT2D eigenvalue weighted by Gasteiger charge is 2.14. The van der Waals surface area contributed by atoms with Crippen LogP contribution in [0.3, 0.4) is 0 Å². The van der Waals surface area contributed by atoms with Crippen LogP contribution in [0.2, 0.25) is 5.15 Å². The first-order chi connectivity index (χ1) is 10.5. The quantitative estimate of drug-likeness (QED) is 0.750. The lowest BCUT2D eigenvalue weighted by molar-refractivity contribution is 0.429. The summed E-state index contributed by atoms with van der Waals surface area (Å²) in [5.41, 5.74) is 7.28. The van der Waals surface area contributed by atoms with Crippen molar-refractivity contribution in [1.82, 2.24) is 19.7 Å². The van der Waals surface area contributed by atoms with Gasteiger partial charge in [0.15, 0.2) is 5.15 Å². The van der Waals surface area contributed by atoms with Crippen molar-refractivity contribution >= 4 is 17.3 Å². The van der Waals surface area contributed by atoms with Crippen molar-refractivity contribution in [2.24, 2.45) is 0 Å². The van der Waals surface area contributed by atoms with Gasteiger partial charge < -0.3 is 10.5 Å². The van der Waals surface area contributed by atoms with Gasteiger partial charge in [-0.3, -0.25) is 0 Å². The van der Waals surface area contributed by atoms with E-state index in [1.54, 1.807) is 18.2 Å². The molecule has 2 aromatic heterocycles. The monoisotopic (exact) mass is 319 g/mol. The highest BCUT2D eigenvalue weighted by molar-refractivity contribution is 6.32. The van der Waals surface area contributed by atoms with Gasteiger partial charge in [-0.1, -0.05) is 11.6 Å². The predicted molar refractivity (Wildman–Crippen MR) is 79.8 cm³/mol. The summed E-state index contributed by atoms with van der Waals surface area (Å²) in [6, 6.07) is 7.56. The molecular formula is C14H11ClFN5O. The minimum Gasteiger partial charge on any atom is -0.418 e. The number of halogens is 2. The molecule has 0 atom stereocenters. The topological polar surface area (TPSA) is 78.9 Å². The smallest absolute Gasteiger partial charge is 0.249 e. The average Bonchev–Trinajstić information content (AvgIpc) is 2.85. The van der Waals surface area contributed by atoms with Crippen molar-refractivity contribution in [2.75, 3.05) is 5.73 Å². The number of nitrogens with two attached hydrogens (primary N) is 1. The third-order valence-corrected chi connectivity index (χ3v) is 3.17. The molecule has 0 aliphatic rings. The van der Waals surface area contributed by atoms with E-state index in [1.807, 2.05) is 6.92 Å². The predicted octanol–water partition coefficient (Wildman–Crippen LogP) is 3.14. The second-order valence-electron chi connectivity index (χ2n) is 4.50. The zero-order valence-electron chi connectivity index (χ0n) is 11.5. The first-order valence-corrected chi connectivity index (χ1v) is 6.69. The first-order valence-electron chi connectivity index (χ1n) is 6.31. The number of aryl methyl sites for hydroxylation is 1. The maximum Gasteiger partial charge on any atom is 0.249 e. The second kappa shape index (κ2) is 5.61. The van der Waals surface area contributed by atoms with Gasteiger partial charge in [0.1, 0.15) is 17.8 Å². The number of nitrogens with zero attached hydrogens (tertiary/aromatic N) is 4. The van der Waals surface area contributed by atoms with Gasteiger partial charge in [0.2, 0.25) is 11.8 Å². The Kier molecular flexibility index (Phi) is 3.64. The molecule has 0 aliphatic carbocycles. The molecule has 112 valence electrons. The Morgan fingerprint density at radius 3 is 2.68 bits per heavy atom. The number of hydrogen-bond acceptors (Lipinski definition) is 5. The molecule has 2 heterocycles. The zero-order valence-corrected chi connectivity index (χ0v) is 12.3. The standard InChI is InChI=1S/C14H11ClFN5O/c1-8-6-11(22-14-12(17)13(15)18-7-19-14)21(20-8)10-4-2-9(16)3-5-10/h2-7H,17H2,1H3. The van der Waals surface area contributed by atoms with Gasteiger partial charge >= 0.3 is 0 Å². The van der Waals surface area contributed by atoms with Crippen molar-refractivity contribution in [2.45, 2.75) is 6.92 Å². The summed E-state index contributed by atoms with van der Waals surface area (Å²) in [5, 5.41) is 4.42. The summed E-state index contributed by atoms with van der Waals surface area (Å²) in [6.45, 7) is 1.81. The molecule has 0 radical (unpaired) electrons. The minimum absolute atomic E-state index is 0.106. The third-order valence-electron chi connectivity index (χ3n) is 2.87. The normalized spacial score (nSPS) is 10.7. The Morgan fingerprint density at radius 2 is 1.95 bits per heavy atom. The Morgan fingerprint density at radius 1 is 1.23 bits per heavy atom. The van der Waals surface area contributed by atoms with E-state index in [-0.39, 0.29) is 22.5 Å². The van der Waals surface area contributed by atoms with Gasteiger partial charge in [-0.2, -0.15) is 10.1 Å². The molecule has 0 unspecified atom stereocenters. The molecular weight excluding hydrogens is 309 g/mol. The van der Waals surface area contributed by atoms with E-state index < -0.39 is 0 Å². The van der Waals surface area contributed by atoms with Gasteiger partial charge in [-0.15, -0.1) is 0 Å². The number of benzene rings is 1. The lowest BCUT2D eigenvalue weighted by Gasteiger charge is -2.09. The van der Waals surface area contributed by atoms with Crippen LogP contribution in [0.5, 0.6) is 11.8 Å². The lowest BCUT2D eigenvalue weighted by atomic mass is 10.3. The van der Waals surface area contributed by atoms with Crippen LogP contribution in [-0.2, 0) is 0 Å². The third kappa shape index (κ3) is 2.71. The lowest BCUT2D eigenvalue weighted by Crippen LogP contribution is -2.03.